The van der Waals surface area contributed by atoms with Gasteiger partial charge in [0, 0.05) is 37.5 Å². The first-order valence-corrected chi connectivity index (χ1v) is 22.4. The van der Waals surface area contributed by atoms with E-state index in [1.165, 1.54) is 0 Å². The van der Waals surface area contributed by atoms with E-state index in [1.807, 2.05) is 37.3 Å². The zero-order chi connectivity index (χ0) is 48.4. The third-order valence-electron chi connectivity index (χ3n) is 12.1. The van der Waals surface area contributed by atoms with Gasteiger partial charge in [0.05, 0.1) is 85.5 Å². The van der Waals surface area contributed by atoms with Crippen LogP contribution in [0.1, 0.15) is 79.1 Å². The highest BCUT2D eigenvalue weighted by Gasteiger charge is 2.50. The van der Waals surface area contributed by atoms with E-state index >= 15 is 0 Å². The molecule has 0 radical (unpaired) electrons. The van der Waals surface area contributed by atoms with E-state index in [1.54, 1.807) is 75.5 Å². The molecule has 19 atom stereocenters. The van der Waals surface area contributed by atoms with Crippen molar-refractivity contribution in [3.63, 3.8) is 0 Å². The van der Waals surface area contributed by atoms with E-state index in [9.17, 15) is 60.7 Å². The van der Waals surface area contributed by atoms with Crippen LogP contribution in [0.4, 0.5) is 0 Å². The summed E-state index contributed by atoms with van der Waals surface area (Å²) in [5.74, 6) is -6.03. The van der Waals surface area contributed by atoms with Gasteiger partial charge in [0.15, 0.2) is 12.1 Å². The number of carbonyl (C=O) groups excluding carboxylic acids is 2. The van der Waals surface area contributed by atoms with E-state index in [-0.39, 0.29) is 31.6 Å². The number of ether oxygens (including phenoxy) is 4. The molecule has 0 aromatic carbocycles. The second-order valence-electron chi connectivity index (χ2n) is 17.6. The van der Waals surface area contributed by atoms with Crippen LogP contribution >= 0.6 is 0 Å². The first kappa shape index (κ1) is 55.9. The maximum atomic E-state index is 12.7. The van der Waals surface area contributed by atoms with E-state index in [0.717, 1.165) is 0 Å². The number of hydrogen-bond donors (Lipinski definition) is 12. The molecule has 0 saturated carbocycles. The molecule has 0 aliphatic carbocycles. The van der Waals surface area contributed by atoms with Gasteiger partial charge in [-0.05, 0) is 33.1 Å². The third kappa shape index (κ3) is 18.6. The fourth-order valence-corrected chi connectivity index (χ4v) is 8.02. The summed E-state index contributed by atoms with van der Waals surface area (Å²) in [5, 5.41) is 108. The van der Waals surface area contributed by atoms with Crippen molar-refractivity contribution in [3.8, 4) is 0 Å². The molecule has 1 amide bonds. The molecule has 0 aromatic rings. The Labute approximate surface area is 381 Å². The van der Waals surface area contributed by atoms with Crippen molar-refractivity contribution < 1.29 is 79.6 Å². The molecule has 3 aliphatic heterocycles. The lowest BCUT2D eigenvalue weighted by atomic mass is 9.82. The highest BCUT2D eigenvalue weighted by Crippen LogP contribution is 2.38. The predicted octanol–water partition coefficient (Wildman–Crippen LogP) is 0.112. The molecular formula is C47H74N2O16. The van der Waals surface area contributed by atoms with Crippen LogP contribution in [0.25, 0.3) is 0 Å². The molecule has 368 valence electrons. The van der Waals surface area contributed by atoms with Gasteiger partial charge >= 0.3 is 5.97 Å². The van der Waals surface area contributed by atoms with E-state index in [2.05, 4.69) is 0 Å². The summed E-state index contributed by atoms with van der Waals surface area (Å²) in [4.78, 5) is 25.3. The Hall–Kier alpha value is -3.44. The fraction of sp³-hybridized carbons (Fsp3) is 0.660. The minimum Gasteiger partial charge on any atom is -0.462 e. The summed E-state index contributed by atoms with van der Waals surface area (Å²) in [5.41, 5.74) is 11.7. The van der Waals surface area contributed by atoms with Crippen molar-refractivity contribution in [3.05, 3.63) is 85.1 Å². The van der Waals surface area contributed by atoms with Gasteiger partial charge in [-0.3, -0.25) is 9.59 Å². The molecule has 18 heteroatoms. The minimum absolute atomic E-state index is 0.0953. The molecule has 14 N–H and O–H groups in total. The Morgan fingerprint density at radius 2 is 1.23 bits per heavy atom. The molecule has 2 bridgehead atoms. The van der Waals surface area contributed by atoms with E-state index in [0.29, 0.717) is 0 Å². The fourth-order valence-electron chi connectivity index (χ4n) is 8.02. The molecule has 3 rings (SSSR count). The van der Waals surface area contributed by atoms with Crippen molar-refractivity contribution in [2.24, 2.45) is 29.2 Å². The van der Waals surface area contributed by atoms with Crippen LogP contribution in [0.15, 0.2) is 85.1 Å². The van der Waals surface area contributed by atoms with E-state index < -0.39 is 147 Å². The molecule has 0 spiro atoms. The van der Waals surface area contributed by atoms with Gasteiger partial charge in [-0.2, -0.15) is 0 Å². The monoisotopic (exact) mass is 923 g/mol. The maximum Gasteiger partial charge on any atom is 0.308 e. The SMILES string of the molecule is C[C@@H]1[C@H](O)[C@@H](C)C=CC=CC=CC=CC=CC=CC=C[C@H](O[C@@H]2O[C@H](C)[C@@H](O)[C@H](N)[C@@H]2O)C[C@@H]2O[C@](O)(C[C@@H](O)C[C@@H](O)[C@H](O)CC[C@@H](O)C[C@@H](O)CC(=O)O[C@H]1C)C[C@H](O)[C@H]2C(N)=O. The summed E-state index contributed by atoms with van der Waals surface area (Å²) in [6.45, 7) is 6.77. The zero-order valence-electron chi connectivity index (χ0n) is 37.7. The Balaban J connectivity index is 1.86. The average Bonchev–Trinajstić information content (AvgIpc) is 3.21. The van der Waals surface area contributed by atoms with Crippen LogP contribution in [0.2, 0.25) is 0 Å². The number of amides is 1. The molecule has 2 saturated heterocycles. The Morgan fingerprint density at radius 1 is 0.662 bits per heavy atom. The first-order valence-electron chi connectivity index (χ1n) is 22.4. The van der Waals surface area contributed by atoms with Crippen LogP contribution in [0, 0.1) is 17.8 Å². The Morgan fingerprint density at radius 3 is 1.82 bits per heavy atom. The molecule has 18 nitrogen and oxygen atoms in total. The second-order valence-corrected chi connectivity index (χ2v) is 17.6. The van der Waals surface area contributed by atoms with Gasteiger partial charge in [0.25, 0.3) is 0 Å². The maximum absolute atomic E-state index is 12.7. The number of carbonyl (C=O) groups is 2. The van der Waals surface area contributed by atoms with Crippen LogP contribution < -0.4 is 11.5 Å². The number of aliphatic hydroxyl groups excluding tert-OH is 9. The molecule has 2 fully saturated rings. The van der Waals surface area contributed by atoms with Gasteiger partial charge in [0.1, 0.15) is 12.2 Å². The lowest BCUT2D eigenvalue weighted by Crippen LogP contribution is -2.61. The van der Waals surface area contributed by atoms with Gasteiger partial charge in [-0.25, -0.2) is 0 Å². The molecule has 65 heavy (non-hydrogen) atoms. The van der Waals surface area contributed by atoms with Crippen LogP contribution in [0.3, 0.4) is 0 Å². The summed E-state index contributed by atoms with van der Waals surface area (Å²) in [7, 11) is 0. The number of aliphatic hydroxyl groups is 10. The second kappa shape index (κ2) is 27.4. The molecule has 3 aliphatic rings. The highest BCUT2D eigenvalue weighted by atomic mass is 16.7. The molecule has 0 unspecified atom stereocenters. The lowest BCUT2D eigenvalue weighted by molar-refractivity contribution is -0.307. The Bertz CT molecular complexity index is 1670. The smallest absolute Gasteiger partial charge is 0.308 e. The summed E-state index contributed by atoms with van der Waals surface area (Å²) in [6.07, 6.45) is 4.43. The summed E-state index contributed by atoms with van der Waals surface area (Å²) >= 11 is 0. The first-order chi connectivity index (χ1) is 30.6. The number of primary amides is 1. The third-order valence-corrected chi connectivity index (χ3v) is 12.1. The number of esters is 1. The number of fused-ring (bicyclic) bond motifs is 2. The van der Waals surface area contributed by atoms with Gasteiger partial charge in [0.2, 0.25) is 5.91 Å². The largest absolute Gasteiger partial charge is 0.462 e. The van der Waals surface area contributed by atoms with Gasteiger partial charge < -0.3 is 81.5 Å². The normalized spacial score (nSPS) is 42.0. The quantitative estimate of drug-likeness (QED) is 0.167. The molecular weight excluding hydrogens is 849 g/mol. The molecule has 0 aromatic heterocycles. The Kier molecular flexibility index (Phi) is 23.6. The van der Waals surface area contributed by atoms with Crippen molar-refractivity contribution in [2.75, 3.05) is 0 Å². The summed E-state index contributed by atoms with van der Waals surface area (Å²) in [6, 6.07) is -1.13. The minimum atomic E-state index is -2.27. The number of cyclic esters (lactones) is 1. The number of allylic oxidation sites excluding steroid dienone is 12. The summed E-state index contributed by atoms with van der Waals surface area (Å²) < 4.78 is 23.3. The van der Waals surface area contributed by atoms with Crippen molar-refractivity contribution >= 4 is 11.9 Å². The van der Waals surface area contributed by atoms with Crippen LogP contribution in [0.5, 0.6) is 0 Å². The van der Waals surface area contributed by atoms with Crippen LogP contribution in [-0.2, 0) is 28.5 Å². The topological polar surface area (TPSA) is 325 Å². The van der Waals surface area contributed by atoms with Crippen molar-refractivity contribution in [1.29, 1.82) is 0 Å². The predicted molar refractivity (Wildman–Crippen MR) is 239 cm³/mol. The van der Waals surface area contributed by atoms with Crippen LogP contribution in [-0.4, -0.2) is 160 Å². The van der Waals surface area contributed by atoms with Gasteiger partial charge in [-0.15, -0.1) is 0 Å². The zero-order valence-corrected chi connectivity index (χ0v) is 37.7. The number of hydrogen-bond acceptors (Lipinski definition) is 17. The van der Waals surface area contributed by atoms with Crippen molar-refractivity contribution in [1.82, 2.24) is 0 Å². The van der Waals surface area contributed by atoms with E-state index in [4.69, 9.17) is 30.4 Å². The number of nitrogens with two attached hydrogens (primary N) is 2. The van der Waals surface area contributed by atoms with Gasteiger partial charge in [-0.1, -0.05) is 98.9 Å². The standard InChI is InChI=1S/C47H74N2O16/c1-27-17-15-13-11-9-7-5-6-8-10-12-14-16-18-34(64-46-44(59)41(48)43(58)30(4)63-46)24-38-40(45(49)60)37(55)26-47(61,65-38)25-33(52)22-36(54)35(53)20-19-31(50)21-32(51)23-39(56)62-29(3)28(2)42(27)57/h5-18,27-38,40-44,46,50-55,57-59,61H,19-26,48H2,1-4H3,(H2,49,60)/t27-,28-,29-,30+,31+,32+,33-,34-,35+,36+,37-,38-,40+,41-,42+,43+,44-,46-,47+/m0/s1. The number of rotatable bonds is 3. The lowest BCUT2D eigenvalue weighted by Gasteiger charge is -2.45. The highest BCUT2D eigenvalue weighted by molar-refractivity contribution is 5.78. The van der Waals surface area contributed by atoms with Crippen molar-refractivity contribution in [2.45, 2.75) is 177 Å². The average molecular weight is 923 g/mol. The molecule has 3 heterocycles.